The zero-order chi connectivity index (χ0) is 14.3. The highest BCUT2D eigenvalue weighted by Crippen LogP contribution is 2.25. The highest BCUT2D eigenvalue weighted by atomic mass is 32.2. The van der Waals surface area contributed by atoms with Gasteiger partial charge in [-0.15, -0.1) is 0 Å². The summed E-state index contributed by atoms with van der Waals surface area (Å²) in [5.41, 5.74) is 0.939. The Morgan fingerprint density at radius 2 is 1.75 bits per heavy atom. The summed E-state index contributed by atoms with van der Waals surface area (Å²) in [6.07, 6.45) is 1.74. The molecule has 0 radical (unpaired) electrons. The fourth-order valence-corrected chi connectivity index (χ4v) is 3.74. The second kappa shape index (κ2) is 4.58. The average molecular weight is 286 g/mol. The summed E-state index contributed by atoms with van der Waals surface area (Å²) >= 11 is 0. The molecular weight excluding hydrogens is 272 g/mol. The van der Waals surface area contributed by atoms with E-state index < -0.39 is 10.1 Å². The maximum absolute atomic E-state index is 12.2. The summed E-state index contributed by atoms with van der Waals surface area (Å²) in [6, 6.07) is 11.1. The van der Waals surface area contributed by atoms with E-state index in [1.165, 1.54) is 0 Å². The van der Waals surface area contributed by atoms with E-state index in [0.29, 0.717) is 0 Å². The molecule has 0 fully saturated rings. The SMILES string of the molecule is C=Cc1ccc(S(=O)(=O)OCC)c2c1=c1ccccc1=2. The first-order valence-corrected chi connectivity index (χ1v) is 7.79. The zero-order valence-corrected chi connectivity index (χ0v) is 11.9. The Bertz CT molecular complexity index is 989. The fourth-order valence-electron chi connectivity index (χ4n) is 2.61. The van der Waals surface area contributed by atoms with Crippen molar-refractivity contribution in [2.45, 2.75) is 11.8 Å². The standard InChI is InChI=1S/C16H14O3S/c1-3-11-9-10-14(20(17,18)19-4-2)16-13-8-6-5-7-12(13)15(11)16/h3,5-10H,1,4H2,2H3. The molecule has 0 unspecified atom stereocenters. The summed E-state index contributed by atoms with van der Waals surface area (Å²) in [5, 5.41) is 3.69. The van der Waals surface area contributed by atoms with Gasteiger partial charge in [-0.1, -0.05) is 43.0 Å². The lowest BCUT2D eigenvalue weighted by atomic mass is 9.97. The van der Waals surface area contributed by atoms with Crippen molar-refractivity contribution in [3.63, 3.8) is 0 Å². The van der Waals surface area contributed by atoms with Gasteiger partial charge in [-0.2, -0.15) is 8.42 Å². The molecule has 2 aromatic carbocycles. The summed E-state index contributed by atoms with van der Waals surface area (Å²) in [5.74, 6) is 0. The zero-order valence-electron chi connectivity index (χ0n) is 11.1. The minimum atomic E-state index is -3.71. The van der Waals surface area contributed by atoms with Crippen LogP contribution in [0.15, 0.2) is 47.9 Å². The molecule has 0 saturated carbocycles. The summed E-state index contributed by atoms with van der Waals surface area (Å²) in [4.78, 5) is 0.235. The summed E-state index contributed by atoms with van der Waals surface area (Å²) in [7, 11) is -3.71. The molecule has 0 atom stereocenters. The summed E-state index contributed by atoms with van der Waals surface area (Å²) < 4.78 is 29.3. The maximum atomic E-state index is 12.2. The van der Waals surface area contributed by atoms with Crippen molar-refractivity contribution in [1.82, 2.24) is 0 Å². The molecular formula is C16H14O3S. The van der Waals surface area contributed by atoms with Crippen molar-refractivity contribution < 1.29 is 12.6 Å². The van der Waals surface area contributed by atoms with Crippen LogP contribution in [0.3, 0.4) is 0 Å². The van der Waals surface area contributed by atoms with Gasteiger partial charge in [0.25, 0.3) is 10.1 Å². The lowest BCUT2D eigenvalue weighted by Gasteiger charge is -2.12. The van der Waals surface area contributed by atoms with Gasteiger partial charge >= 0.3 is 0 Å². The van der Waals surface area contributed by atoms with E-state index in [1.54, 1.807) is 25.1 Å². The fraction of sp³-hybridized carbons (Fsp3) is 0.125. The number of hydrogen-bond donors (Lipinski definition) is 0. The third-order valence-corrected chi connectivity index (χ3v) is 4.85. The quantitative estimate of drug-likeness (QED) is 0.693. The molecule has 3 nitrogen and oxygen atoms in total. The Morgan fingerprint density at radius 1 is 1.10 bits per heavy atom. The molecule has 3 rings (SSSR count). The Morgan fingerprint density at radius 3 is 2.35 bits per heavy atom. The van der Waals surface area contributed by atoms with Crippen LogP contribution in [0.25, 0.3) is 6.08 Å². The van der Waals surface area contributed by atoms with Gasteiger partial charge in [0.15, 0.2) is 0 Å². The molecule has 0 spiro atoms. The molecule has 0 amide bonds. The van der Waals surface area contributed by atoms with Crippen LogP contribution in [-0.4, -0.2) is 15.0 Å². The van der Waals surface area contributed by atoms with Crippen LogP contribution in [0.2, 0.25) is 0 Å². The van der Waals surface area contributed by atoms with E-state index in [-0.39, 0.29) is 11.5 Å². The van der Waals surface area contributed by atoms with Crippen LogP contribution in [0.5, 0.6) is 0 Å². The number of fused-ring (bicyclic) bond motifs is 2. The van der Waals surface area contributed by atoms with Crippen LogP contribution < -0.4 is 0 Å². The van der Waals surface area contributed by atoms with Crippen molar-refractivity contribution in [2.75, 3.05) is 6.61 Å². The number of benzene rings is 2. The second-order valence-electron chi connectivity index (χ2n) is 4.51. The molecule has 102 valence electrons. The molecule has 0 aromatic heterocycles. The van der Waals surface area contributed by atoms with Gasteiger partial charge in [0, 0.05) is 5.22 Å². The molecule has 0 bridgehead atoms. The monoisotopic (exact) mass is 286 g/mol. The van der Waals surface area contributed by atoms with Gasteiger partial charge in [0.2, 0.25) is 0 Å². The minimum absolute atomic E-state index is 0.127. The first kappa shape index (κ1) is 13.1. The minimum Gasteiger partial charge on any atom is -0.267 e. The molecule has 0 heterocycles. The molecule has 20 heavy (non-hydrogen) atoms. The van der Waals surface area contributed by atoms with E-state index in [9.17, 15) is 8.42 Å². The van der Waals surface area contributed by atoms with Crippen molar-refractivity contribution in [1.29, 1.82) is 0 Å². The van der Waals surface area contributed by atoms with Crippen LogP contribution in [0.1, 0.15) is 12.5 Å². The Labute approximate surface area is 117 Å². The lowest BCUT2D eigenvalue weighted by Crippen LogP contribution is -2.10. The van der Waals surface area contributed by atoms with Crippen LogP contribution in [-0.2, 0) is 14.3 Å². The molecule has 1 aliphatic rings. The summed E-state index contributed by atoms with van der Waals surface area (Å²) in [6.45, 7) is 5.58. The second-order valence-corrected chi connectivity index (χ2v) is 6.10. The van der Waals surface area contributed by atoms with Gasteiger partial charge in [-0.3, -0.25) is 4.18 Å². The normalized spacial score (nSPS) is 12.2. The van der Waals surface area contributed by atoms with E-state index in [0.717, 1.165) is 26.4 Å². The van der Waals surface area contributed by atoms with E-state index in [2.05, 4.69) is 6.58 Å². The average Bonchev–Trinajstić information content (AvgIpc) is 2.43. The largest absolute Gasteiger partial charge is 0.297 e. The maximum Gasteiger partial charge on any atom is 0.297 e. The van der Waals surface area contributed by atoms with Gasteiger partial charge in [0.1, 0.15) is 4.90 Å². The molecule has 0 N–H and O–H groups in total. The third kappa shape index (κ3) is 1.72. The molecule has 2 aromatic rings. The predicted octanol–water partition coefficient (Wildman–Crippen LogP) is 2.94. The smallest absolute Gasteiger partial charge is 0.267 e. The van der Waals surface area contributed by atoms with Gasteiger partial charge in [0.05, 0.1) is 6.61 Å². The highest BCUT2D eigenvalue weighted by Gasteiger charge is 2.20. The van der Waals surface area contributed by atoms with Crippen molar-refractivity contribution in [3.05, 3.63) is 69.4 Å². The van der Waals surface area contributed by atoms with Gasteiger partial charge < -0.3 is 0 Å². The molecule has 0 aliphatic heterocycles. The third-order valence-electron chi connectivity index (χ3n) is 3.43. The van der Waals surface area contributed by atoms with Crippen LogP contribution in [0.4, 0.5) is 0 Å². The Kier molecular flexibility index (Phi) is 3.00. The van der Waals surface area contributed by atoms with E-state index in [1.807, 2.05) is 24.3 Å². The first-order chi connectivity index (χ1) is 9.60. The van der Waals surface area contributed by atoms with Crippen molar-refractivity contribution >= 4 is 16.2 Å². The van der Waals surface area contributed by atoms with Crippen LogP contribution in [0, 0.1) is 20.9 Å². The topological polar surface area (TPSA) is 43.4 Å². The number of rotatable bonds is 4. The van der Waals surface area contributed by atoms with Gasteiger partial charge in [-0.25, -0.2) is 0 Å². The lowest BCUT2D eigenvalue weighted by molar-refractivity contribution is 0.337. The Balaban J connectivity index is 2.48. The highest BCUT2D eigenvalue weighted by molar-refractivity contribution is 7.86. The van der Waals surface area contributed by atoms with E-state index >= 15 is 0 Å². The Hall–Kier alpha value is -1.91. The van der Waals surface area contributed by atoms with Crippen LogP contribution >= 0.6 is 0 Å². The van der Waals surface area contributed by atoms with Crippen molar-refractivity contribution in [3.8, 4) is 0 Å². The first-order valence-electron chi connectivity index (χ1n) is 6.38. The van der Waals surface area contributed by atoms with Crippen molar-refractivity contribution in [2.24, 2.45) is 0 Å². The molecule has 4 heteroatoms. The van der Waals surface area contributed by atoms with Gasteiger partial charge in [-0.05, 0) is 34.2 Å². The molecule has 1 aliphatic carbocycles. The van der Waals surface area contributed by atoms with E-state index in [4.69, 9.17) is 4.18 Å². The molecule has 0 saturated heterocycles. The predicted molar refractivity (Wildman–Crippen MR) is 77.1 cm³/mol. The number of hydrogen-bond acceptors (Lipinski definition) is 3.